The summed E-state index contributed by atoms with van der Waals surface area (Å²) < 4.78 is 0. The van der Waals surface area contributed by atoms with Crippen molar-refractivity contribution in [1.82, 2.24) is 5.32 Å². The molecule has 20 heavy (non-hydrogen) atoms. The first-order chi connectivity index (χ1) is 9.63. The van der Waals surface area contributed by atoms with Gasteiger partial charge in [-0.05, 0) is 37.8 Å². The molecule has 1 aromatic rings. The maximum absolute atomic E-state index is 3.76. The molecule has 1 saturated heterocycles. The lowest BCUT2D eigenvalue weighted by Gasteiger charge is -2.47. The third kappa shape index (κ3) is 3.17. The Morgan fingerprint density at radius 3 is 2.65 bits per heavy atom. The zero-order valence-corrected chi connectivity index (χ0v) is 13.6. The third-order valence-corrected chi connectivity index (χ3v) is 4.80. The summed E-state index contributed by atoms with van der Waals surface area (Å²) in [4.78, 5) is 2.66. The fraction of sp³-hybridized carbons (Fsp3) is 0.667. The molecule has 1 aliphatic heterocycles. The molecular formula is C18H30N2. The second-order valence-corrected chi connectivity index (χ2v) is 6.36. The van der Waals surface area contributed by atoms with Crippen LogP contribution in [0.25, 0.3) is 0 Å². The van der Waals surface area contributed by atoms with Crippen molar-refractivity contribution in [1.29, 1.82) is 0 Å². The van der Waals surface area contributed by atoms with Crippen LogP contribution in [0, 0.1) is 0 Å². The fourth-order valence-electron chi connectivity index (χ4n) is 3.19. The van der Waals surface area contributed by atoms with Gasteiger partial charge < -0.3 is 10.2 Å². The van der Waals surface area contributed by atoms with E-state index in [2.05, 4.69) is 62.2 Å². The molecular weight excluding hydrogens is 244 g/mol. The third-order valence-electron chi connectivity index (χ3n) is 4.80. The summed E-state index contributed by atoms with van der Waals surface area (Å²) in [6.45, 7) is 11.4. The van der Waals surface area contributed by atoms with E-state index in [4.69, 9.17) is 0 Å². The number of hydrogen-bond donors (Lipinski definition) is 1. The zero-order valence-electron chi connectivity index (χ0n) is 13.6. The standard InChI is InChI=1S/C18H30N2/c1-5-10-15-11-8-9-12-17(15)20-14-18(4,7-3)19-13-16(20)6-2/h8-9,11-12,16,19H,5-7,10,13-14H2,1-4H3. The van der Waals surface area contributed by atoms with Crippen molar-refractivity contribution in [3.8, 4) is 0 Å². The molecule has 0 aliphatic carbocycles. The monoisotopic (exact) mass is 274 g/mol. The van der Waals surface area contributed by atoms with E-state index in [1.165, 1.54) is 36.9 Å². The number of rotatable bonds is 5. The topological polar surface area (TPSA) is 15.3 Å². The minimum atomic E-state index is 0.241. The van der Waals surface area contributed by atoms with Gasteiger partial charge in [0.15, 0.2) is 0 Å². The number of nitrogens with one attached hydrogen (secondary N) is 1. The number of piperazine rings is 1. The van der Waals surface area contributed by atoms with Gasteiger partial charge in [0.2, 0.25) is 0 Å². The lowest BCUT2D eigenvalue weighted by atomic mass is 9.91. The van der Waals surface area contributed by atoms with Crippen LogP contribution in [0.1, 0.15) is 52.5 Å². The highest BCUT2D eigenvalue weighted by atomic mass is 15.3. The summed E-state index contributed by atoms with van der Waals surface area (Å²) in [6.07, 6.45) is 4.77. The van der Waals surface area contributed by atoms with E-state index in [9.17, 15) is 0 Å². The van der Waals surface area contributed by atoms with Gasteiger partial charge in [-0.2, -0.15) is 0 Å². The molecule has 2 unspecified atom stereocenters. The number of aryl methyl sites for hydroxylation is 1. The van der Waals surface area contributed by atoms with Gasteiger partial charge in [-0.25, -0.2) is 0 Å². The van der Waals surface area contributed by atoms with Crippen LogP contribution < -0.4 is 10.2 Å². The Balaban J connectivity index is 2.31. The molecule has 1 aliphatic rings. The van der Waals surface area contributed by atoms with Crippen molar-refractivity contribution in [3.63, 3.8) is 0 Å². The van der Waals surface area contributed by atoms with Crippen LogP contribution in [-0.2, 0) is 6.42 Å². The van der Waals surface area contributed by atoms with E-state index >= 15 is 0 Å². The summed E-state index contributed by atoms with van der Waals surface area (Å²) in [5.41, 5.74) is 3.21. The van der Waals surface area contributed by atoms with E-state index in [0.717, 1.165) is 13.1 Å². The number of nitrogens with zero attached hydrogens (tertiary/aromatic N) is 1. The lowest BCUT2D eigenvalue weighted by molar-refractivity contribution is 0.276. The molecule has 1 N–H and O–H groups in total. The Morgan fingerprint density at radius 2 is 2.00 bits per heavy atom. The van der Waals surface area contributed by atoms with Crippen molar-refractivity contribution < 1.29 is 0 Å². The number of anilines is 1. The highest BCUT2D eigenvalue weighted by Gasteiger charge is 2.34. The average molecular weight is 274 g/mol. The lowest BCUT2D eigenvalue weighted by Crippen LogP contribution is -2.63. The van der Waals surface area contributed by atoms with Crippen LogP contribution in [-0.4, -0.2) is 24.7 Å². The van der Waals surface area contributed by atoms with Gasteiger partial charge in [0.05, 0.1) is 0 Å². The van der Waals surface area contributed by atoms with Gasteiger partial charge in [-0.1, -0.05) is 45.4 Å². The molecule has 2 rings (SSSR count). The molecule has 0 aromatic heterocycles. The van der Waals surface area contributed by atoms with E-state index < -0.39 is 0 Å². The van der Waals surface area contributed by atoms with Crippen molar-refractivity contribution in [3.05, 3.63) is 29.8 Å². The Labute approximate surface area is 124 Å². The Hall–Kier alpha value is -1.02. The van der Waals surface area contributed by atoms with Gasteiger partial charge >= 0.3 is 0 Å². The fourth-order valence-corrected chi connectivity index (χ4v) is 3.19. The smallest absolute Gasteiger partial charge is 0.0413 e. The zero-order chi connectivity index (χ0) is 14.6. The van der Waals surface area contributed by atoms with Gasteiger partial charge in [-0.3, -0.25) is 0 Å². The quantitative estimate of drug-likeness (QED) is 0.873. The van der Waals surface area contributed by atoms with E-state index in [1.54, 1.807) is 0 Å². The minimum absolute atomic E-state index is 0.241. The van der Waals surface area contributed by atoms with E-state index in [1.807, 2.05) is 0 Å². The second-order valence-electron chi connectivity index (χ2n) is 6.36. The Bertz CT molecular complexity index is 429. The summed E-state index contributed by atoms with van der Waals surface area (Å²) in [7, 11) is 0. The Morgan fingerprint density at radius 1 is 1.25 bits per heavy atom. The van der Waals surface area contributed by atoms with Crippen molar-refractivity contribution in [2.75, 3.05) is 18.0 Å². The van der Waals surface area contributed by atoms with Crippen LogP contribution in [0.2, 0.25) is 0 Å². The minimum Gasteiger partial charge on any atom is -0.365 e. The maximum atomic E-state index is 3.76. The highest BCUT2D eigenvalue weighted by molar-refractivity contribution is 5.55. The number of hydrogen-bond acceptors (Lipinski definition) is 2. The van der Waals surface area contributed by atoms with Crippen LogP contribution >= 0.6 is 0 Å². The first-order valence-electron chi connectivity index (χ1n) is 8.23. The predicted molar refractivity (Wildman–Crippen MR) is 88.6 cm³/mol. The first-order valence-corrected chi connectivity index (χ1v) is 8.23. The highest BCUT2D eigenvalue weighted by Crippen LogP contribution is 2.29. The second kappa shape index (κ2) is 6.62. The van der Waals surface area contributed by atoms with Gasteiger partial charge in [0.25, 0.3) is 0 Å². The molecule has 112 valence electrons. The molecule has 1 fully saturated rings. The molecule has 0 saturated carbocycles. The van der Waals surface area contributed by atoms with Crippen molar-refractivity contribution >= 4 is 5.69 Å². The van der Waals surface area contributed by atoms with Gasteiger partial charge in [-0.15, -0.1) is 0 Å². The molecule has 2 atom stereocenters. The van der Waals surface area contributed by atoms with E-state index in [-0.39, 0.29) is 5.54 Å². The summed E-state index contributed by atoms with van der Waals surface area (Å²) in [5, 5.41) is 3.76. The normalized spacial score (nSPS) is 26.8. The average Bonchev–Trinajstić information content (AvgIpc) is 2.48. The predicted octanol–water partition coefficient (Wildman–Crippen LogP) is 4.00. The number of benzene rings is 1. The molecule has 1 aromatic carbocycles. The van der Waals surface area contributed by atoms with E-state index in [0.29, 0.717) is 6.04 Å². The van der Waals surface area contributed by atoms with Crippen LogP contribution in [0.3, 0.4) is 0 Å². The summed E-state index contributed by atoms with van der Waals surface area (Å²) in [5.74, 6) is 0. The van der Waals surface area contributed by atoms with Crippen LogP contribution in [0.5, 0.6) is 0 Å². The molecule has 0 amide bonds. The molecule has 0 bridgehead atoms. The Kier molecular flexibility index (Phi) is 5.09. The number of para-hydroxylation sites is 1. The largest absolute Gasteiger partial charge is 0.365 e. The van der Waals surface area contributed by atoms with Crippen LogP contribution in [0.4, 0.5) is 5.69 Å². The summed E-state index contributed by atoms with van der Waals surface area (Å²) in [6, 6.07) is 9.60. The summed E-state index contributed by atoms with van der Waals surface area (Å²) >= 11 is 0. The molecule has 2 nitrogen and oxygen atoms in total. The maximum Gasteiger partial charge on any atom is 0.0413 e. The molecule has 0 radical (unpaired) electrons. The SMILES string of the molecule is CCCc1ccccc1N1CC(C)(CC)NCC1CC. The van der Waals surface area contributed by atoms with Gasteiger partial charge in [0.1, 0.15) is 0 Å². The first kappa shape index (κ1) is 15.4. The van der Waals surface area contributed by atoms with Gasteiger partial charge in [0, 0.05) is 30.4 Å². The van der Waals surface area contributed by atoms with Crippen molar-refractivity contribution in [2.24, 2.45) is 0 Å². The molecule has 0 spiro atoms. The van der Waals surface area contributed by atoms with Crippen molar-refractivity contribution in [2.45, 2.75) is 65.0 Å². The van der Waals surface area contributed by atoms with Crippen LogP contribution in [0.15, 0.2) is 24.3 Å². The molecule has 1 heterocycles. The molecule has 2 heteroatoms.